The van der Waals surface area contributed by atoms with Gasteiger partial charge >= 0.3 is 5.97 Å². The first kappa shape index (κ1) is 16.7. The monoisotopic (exact) mass is 319 g/mol. The summed E-state index contributed by atoms with van der Waals surface area (Å²) in [6.07, 6.45) is 4.18. The highest BCUT2D eigenvalue weighted by Crippen LogP contribution is 2.07. The molecule has 0 saturated carbocycles. The van der Waals surface area contributed by atoms with Crippen LogP contribution >= 0.6 is 11.8 Å². The summed E-state index contributed by atoms with van der Waals surface area (Å²) in [6.45, 7) is 4.03. The second-order valence-electron chi connectivity index (χ2n) is 3.84. The number of carboxylic acid groups (broad SMARTS) is 1. The van der Waals surface area contributed by atoms with Crippen LogP contribution in [0.1, 0.15) is 6.42 Å². The summed E-state index contributed by atoms with van der Waals surface area (Å²) in [7, 11) is -3.59. The van der Waals surface area contributed by atoms with Crippen LogP contribution in [0.25, 0.3) is 0 Å². The molecule has 9 heteroatoms. The summed E-state index contributed by atoms with van der Waals surface area (Å²) in [5.74, 6) is 0.468. The molecule has 0 bridgehead atoms. The van der Waals surface area contributed by atoms with Gasteiger partial charge in [-0.15, -0.1) is 6.58 Å². The number of nitrogens with zero attached hydrogens (tertiary/aromatic N) is 2. The Hall–Kier alpha value is -1.32. The van der Waals surface area contributed by atoms with Crippen LogP contribution in [0.2, 0.25) is 0 Å². The van der Waals surface area contributed by atoms with Crippen molar-refractivity contribution < 1.29 is 18.3 Å². The van der Waals surface area contributed by atoms with E-state index in [1.807, 2.05) is 0 Å². The fourth-order valence-corrected chi connectivity index (χ4v) is 3.01. The number of thioether (sulfide) groups is 1. The molecule has 0 unspecified atom stereocenters. The van der Waals surface area contributed by atoms with Crippen LogP contribution in [0.3, 0.4) is 0 Å². The van der Waals surface area contributed by atoms with Crippen molar-refractivity contribution in [1.29, 1.82) is 0 Å². The lowest BCUT2D eigenvalue weighted by molar-refractivity contribution is -0.137. The summed E-state index contributed by atoms with van der Waals surface area (Å²) in [5, 5.41) is 12.4. The summed E-state index contributed by atoms with van der Waals surface area (Å²) in [4.78, 5) is 10.5. The number of aliphatic carboxylic acids is 1. The number of aromatic nitrogens is 2. The summed E-state index contributed by atoms with van der Waals surface area (Å²) in [5.41, 5.74) is 0. The zero-order chi connectivity index (χ0) is 15.0. The van der Waals surface area contributed by atoms with Crippen molar-refractivity contribution in [2.45, 2.75) is 17.9 Å². The lowest BCUT2D eigenvalue weighted by atomic mass is 10.4. The molecule has 0 radical (unpaired) electrons. The Labute approximate surface area is 122 Å². The molecular weight excluding hydrogens is 302 g/mol. The van der Waals surface area contributed by atoms with Gasteiger partial charge in [-0.2, -0.15) is 16.9 Å². The molecule has 7 nitrogen and oxygen atoms in total. The first-order valence-electron chi connectivity index (χ1n) is 5.88. The molecule has 0 atom stereocenters. The normalized spacial score (nSPS) is 11.4. The first-order chi connectivity index (χ1) is 9.45. The molecule has 112 valence electrons. The van der Waals surface area contributed by atoms with Crippen molar-refractivity contribution in [1.82, 2.24) is 14.5 Å². The third kappa shape index (κ3) is 5.76. The molecule has 20 heavy (non-hydrogen) atoms. The van der Waals surface area contributed by atoms with Gasteiger partial charge in [0.2, 0.25) is 10.0 Å². The van der Waals surface area contributed by atoms with E-state index >= 15 is 0 Å². The van der Waals surface area contributed by atoms with E-state index in [0.29, 0.717) is 12.3 Å². The van der Waals surface area contributed by atoms with E-state index in [-0.39, 0.29) is 17.9 Å². The van der Waals surface area contributed by atoms with Crippen molar-refractivity contribution in [2.75, 3.05) is 18.1 Å². The maximum Gasteiger partial charge on any atom is 0.305 e. The average molecular weight is 319 g/mol. The van der Waals surface area contributed by atoms with Gasteiger partial charge in [0.1, 0.15) is 4.90 Å². The van der Waals surface area contributed by atoms with Gasteiger partial charge in [0.25, 0.3) is 0 Å². The van der Waals surface area contributed by atoms with Gasteiger partial charge in [0.05, 0.1) is 19.2 Å². The molecule has 0 aromatic carbocycles. The number of carboxylic acids is 1. The van der Waals surface area contributed by atoms with Gasteiger partial charge in [-0.3, -0.25) is 9.48 Å². The summed E-state index contributed by atoms with van der Waals surface area (Å²) >= 11 is 1.57. The molecule has 1 aromatic heterocycles. The Bertz CT molecular complexity index is 554. The van der Waals surface area contributed by atoms with Crippen LogP contribution in [-0.2, 0) is 21.4 Å². The van der Waals surface area contributed by atoms with Crippen molar-refractivity contribution >= 4 is 27.8 Å². The number of carbonyl (C=O) groups is 1. The number of sulfonamides is 1. The van der Waals surface area contributed by atoms with E-state index in [2.05, 4.69) is 16.4 Å². The largest absolute Gasteiger partial charge is 0.481 e. The molecule has 1 aromatic rings. The molecule has 0 amide bonds. The van der Waals surface area contributed by atoms with Crippen LogP contribution < -0.4 is 4.72 Å². The predicted octanol–water partition coefficient (Wildman–Crippen LogP) is 0.555. The lowest BCUT2D eigenvalue weighted by Crippen LogP contribution is -2.25. The van der Waals surface area contributed by atoms with E-state index in [9.17, 15) is 13.2 Å². The average Bonchev–Trinajstić information content (AvgIpc) is 2.85. The molecule has 1 heterocycles. The van der Waals surface area contributed by atoms with Crippen LogP contribution in [0.4, 0.5) is 0 Å². The van der Waals surface area contributed by atoms with Crippen molar-refractivity contribution in [3.05, 3.63) is 25.0 Å². The van der Waals surface area contributed by atoms with Crippen molar-refractivity contribution in [3.63, 3.8) is 0 Å². The maximum absolute atomic E-state index is 11.9. The number of aryl methyl sites for hydroxylation is 1. The second-order valence-corrected chi connectivity index (χ2v) is 6.76. The highest BCUT2D eigenvalue weighted by Gasteiger charge is 2.15. The first-order valence-corrected chi connectivity index (χ1v) is 8.52. The van der Waals surface area contributed by atoms with Crippen LogP contribution in [0.15, 0.2) is 29.9 Å². The SMILES string of the molecule is C=CCSCCNS(=O)(=O)c1cnn(CCC(=O)O)c1. The zero-order valence-electron chi connectivity index (χ0n) is 10.9. The molecular formula is C11H17N3O4S2. The molecule has 1 rings (SSSR count). The minimum absolute atomic E-state index is 0.0385. The number of hydrogen-bond donors (Lipinski definition) is 2. The summed E-state index contributed by atoms with van der Waals surface area (Å²) < 4.78 is 27.6. The standard InChI is InChI=1S/C11H17N3O4S2/c1-2-6-19-7-4-13-20(17,18)10-8-12-14(9-10)5-3-11(15)16/h2,8-9,13H,1,3-7H2,(H,15,16). The van der Waals surface area contributed by atoms with Crippen molar-refractivity contribution in [2.24, 2.45) is 0 Å². The molecule has 0 aliphatic rings. The van der Waals surface area contributed by atoms with E-state index in [0.717, 1.165) is 5.75 Å². The van der Waals surface area contributed by atoms with Gasteiger partial charge < -0.3 is 5.11 Å². The van der Waals surface area contributed by atoms with E-state index in [1.54, 1.807) is 17.8 Å². The van der Waals surface area contributed by atoms with E-state index in [1.165, 1.54) is 17.1 Å². The Morgan fingerprint density at radius 3 is 3.00 bits per heavy atom. The maximum atomic E-state index is 11.9. The number of nitrogens with one attached hydrogen (secondary N) is 1. The van der Waals surface area contributed by atoms with Gasteiger partial charge in [-0.25, -0.2) is 13.1 Å². The Morgan fingerprint density at radius 1 is 1.60 bits per heavy atom. The van der Waals surface area contributed by atoms with Gasteiger partial charge in [-0.05, 0) is 0 Å². The fraction of sp³-hybridized carbons (Fsp3) is 0.455. The fourth-order valence-electron chi connectivity index (χ4n) is 1.31. The quantitative estimate of drug-likeness (QED) is 0.482. The molecule has 0 aliphatic heterocycles. The predicted molar refractivity (Wildman–Crippen MR) is 77.2 cm³/mol. The second kappa shape index (κ2) is 8.08. The number of rotatable bonds is 10. The minimum atomic E-state index is -3.59. The third-order valence-corrected chi connectivity index (χ3v) is 4.63. The molecule has 0 aliphatic carbocycles. The smallest absolute Gasteiger partial charge is 0.305 e. The zero-order valence-corrected chi connectivity index (χ0v) is 12.5. The van der Waals surface area contributed by atoms with Gasteiger partial charge in [0, 0.05) is 24.2 Å². The van der Waals surface area contributed by atoms with Gasteiger partial charge in [0.15, 0.2) is 0 Å². The Kier molecular flexibility index (Phi) is 6.76. The van der Waals surface area contributed by atoms with Crippen LogP contribution in [0.5, 0.6) is 0 Å². The van der Waals surface area contributed by atoms with Crippen LogP contribution in [0, 0.1) is 0 Å². The topological polar surface area (TPSA) is 101 Å². The molecule has 0 fully saturated rings. The van der Waals surface area contributed by atoms with Crippen molar-refractivity contribution in [3.8, 4) is 0 Å². The highest BCUT2D eigenvalue weighted by atomic mass is 32.2. The lowest BCUT2D eigenvalue weighted by Gasteiger charge is -2.03. The minimum Gasteiger partial charge on any atom is -0.481 e. The van der Waals surface area contributed by atoms with Crippen LogP contribution in [-0.4, -0.2) is 47.3 Å². The molecule has 0 saturated heterocycles. The third-order valence-electron chi connectivity index (χ3n) is 2.25. The van der Waals surface area contributed by atoms with Gasteiger partial charge in [-0.1, -0.05) is 6.08 Å². The Morgan fingerprint density at radius 2 is 2.35 bits per heavy atom. The Balaban J connectivity index is 2.50. The summed E-state index contributed by atoms with van der Waals surface area (Å²) in [6, 6.07) is 0. The van der Waals surface area contributed by atoms with E-state index < -0.39 is 16.0 Å². The number of hydrogen-bond acceptors (Lipinski definition) is 5. The highest BCUT2D eigenvalue weighted by molar-refractivity contribution is 7.99. The molecule has 0 spiro atoms. The van der Waals surface area contributed by atoms with E-state index in [4.69, 9.17) is 5.11 Å². The molecule has 2 N–H and O–H groups in total.